The molecule has 2 aromatic heterocycles. The fourth-order valence-electron chi connectivity index (χ4n) is 3.14. The van der Waals surface area contributed by atoms with E-state index in [4.69, 9.17) is 14.3 Å². The van der Waals surface area contributed by atoms with Gasteiger partial charge in [0.05, 0.1) is 5.69 Å². The Kier molecular flexibility index (Phi) is 7.88. The molecule has 4 aromatic rings. The van der Waals surface area contributed by atoms with Crippen LogP contribution in [0.4, 0.5) is 10.1 Å². The van der Waals surface area contributed by atoms with E-state index in [2.05, 4.69) is 4.98 Å². The third-order valence-corrected chi connectivity index (χ3v) is 5.72. The molecule has 0 aliphatic heterocycles. The van der Waals surface area contributed by atoms with Crippen LogP contribution >= 0.6 is 11.3 Å². The van der Waals surface area contributed by atoms with Gasteiger partial charge < -0.3 is 9.15 Å². The van der Waals surface area contributed by atoms with Crippen LogP contribution < -0.4 is 20.2 Å². The maximum absolute atomic E-state index is 14.8. The molecule has 2 heterocycles. The molecule has 162 valence electrons. The second kappa shape index (κ2) is 10.1. The summed E-state index contributed by atoms with van der Waals surface area (Å²) in [6, 6.07) is 9.21. The van der Waals surface area contributed by atoms with Gasteiger partial charge in [0.25, 0.3) is 15.4 Å². The monoisotopic (exact) mass is 501 g/mol. The van der Waals surface area contributed by atoms with Crippen LogP contribution in [0.1, 0.15) is 16.7 Å². The summed E-state index contributed by atoms with van der Waals surface area (Å²) < 4.78 is 50.2. The van der Waals surface area contributed by atoms with E-state index in [1.165, 1.54) is 29.5 Å². The summed E-state index contributed by atoms with van der Waals surface area (Å²) in [5.41, 5.74) is 0.397. The molecule has 0 bridgehead atoms. The van der Waals surface area contributed by atoms with E-state index >= 15 is 0 Å². The molecule has 12 heteroatoms. The molecule has 4 rings (SSSR count). The molecule has 8 nitrogen and oxygen atoms in total. The quantitative estimate of drug-likeness (QED) is 0.309. The zero-order valence-electron chi connectivity index (χ0n) is 16.1. The average Bonchev–Trinajstić information content (AvgIpc) is 3.19. The molecular formula is C20H17FKN3O5S2. The molecule has 0 aliphatic carbocycles. The van der Waals surface area contributed by atoms with Crippen LogP contribution in [-0.2, 0) is 16.6 Å². The SMILES string of the molecule is Cc1c(Cc2cccc(NS(N)(=O)=O)c2F)c(=O)oc2cc(Oc3nccs3)ccc12.[KH]. The Labute approximate surface area is 229 Å². The third-order valence-electron chi connectivity index (χ3n) is 4.57. The molecule has 0 atom stereocenters. The zero-order valence-corrected chi connectivity index (χ0v) is 17.7. The Balaban J connectivity index is 0.00000289. The van der Waals surface area contributed by atoms with E-state index < -0.39 is 21.7 Å². The number of halogens is 1. The summed E-state index contributed by atoms with van der Waals surface area (Å²) in [6.07, 6.45) is 1.53. The molecule has 32 heavy (non-hydrogen) atoms. The summed E-state index contributed by atoms with van der Waals surface area (Å²) in [4.78, 5) is 16.7. The van der Waals surface area contributed by atoms with E-state index in [-0.39, 0.29) is 74.6 Å². The number of rotatable bonds is 6. The number of benzene rings is 2. The summed E-state index contributed by atoms with van der Waals surface area (Å²) in [6.45, 7) is 1.74. The first-order valence-electron chi connectivity index (χ1n) is 8.93. The number of hydrogen-bond donors (Lipinski definition) is 2. The number of nitrogens with zero attached hydrogens (tertiary/aromatic N) is 1. The van der Waals surface area contributed by atoms with Gasteiger partial charge in [-0.3, -0.25) is 4.72 Å². The van der Waals surface area contributed by atoms with E-state index in [1.807, 2.05) is 4.72 Å². The number of thiazole rings is 1. The van der Waals surface area contributed by atoms with Gasteiger partial charge in [-0.1, -0.05) is 23.5 Å². The fourth-order valence-corrected chi connectivity index (χ4v) is 4.11. The molecule has 0 amide bonds. The van der Waals surface area contributed by atoms with Crippen molar-refractivity contribution in [2.45, 2.75) is 13.3 Å². The summed E-state index contributed by atoms with van der Waals surface area (Å²) >= 11 is 1.33. The maximum atomic E-state index is 14.8. The van der Waals surface area contributed by atoms with Crippen LogP contribution in [0.3, 0.4) is 0 Å². The molecule has 3 N–H and O–H groups in total. The standard InChI is InChI=1S/C20H16FN3O5S2.K.H/c1-11-14-6-5-13(28-20-23-7-8-30-20)10-17(14)29-19(25)15(11)9-12-3-2-4-16(18(12)21)24-31(22,26)27;;/h2-8,10,24H,9H2,1H3,(H2,22,26,27);;. The molecule has 0 spiro atoms. The molecule has 0 saturated heterocycles. The number of anilines is 1. The van der Waals surface area contributed by atoms with Gasteiger partial charge in [0, 0.05) is 35.0 Å². The van der Waals surface area contributed by atoms with Crippen molar-refractivity contribution in [1.29, 1.82) is 0 Å². The van der Waals surface area contributed by atoms with Crippen LogP contribution in [0.25, 0.3) is 11.0 Å². The average molecular weight is 502 g/mol. The van der Waals surface area contributed by atoms with Gasteiger partial charge in [-0.2, -0.15) is 8.42 Å². The summed E-state index contributed by atoms with van der Waals surface area (Å²) in [5.74, 6) is -0.354. The Morgan fingerprint density at radius 3 is 2.75 bits per heavy atom. The Hall–Kier alpha value is -1.64. The third kappa shape index (κ3) is 5.64. The first-order chi connectivity index (χ1) is 14.7. The number of hydrogen-bond acceptors (Lipinski definition) is 7. The van der Waals surface area contributed by atoms with Gasteiger partial charge >= 0.3 is 57.0 Å². The molecule has 2 aromatic carbocycles. The molecular weight excluding hydrogens is 484 g/mol. The van der Waals surface area contributed by atoms with Gasteiger partial charge in [0.15, 0.2) is 5.82 Å². The molecule has 0 unspecified atom stereocenters. The van der Waals surface area contributed by atoms with Crippen molar-refractivity contribution in [3.8, 4) is 10.9 Å². The zero-order chi connectivity index (χ0) is 22.2. The topological polar surface area (TPSA) is 125 Å². The number of aryl methyl sites for hydroxylation is 1. The van der Waals surface area contributed by atoms with Crippen LogP contribution in [-0.4, -0.2) is 64.8 Å². The van der Waals surface area contributed by atoms with E-state index in [9.17, 15) is 17.6 Å². The van der Waals surface area contributed by atoms with Crippen LogP contribution in [0.15, 0.2) is 57.2 Å². The number of nitrogens with two attached hydrogens (primary N) is 1. The predicted molar refractivity (Wildman–Crippen MR) is 122 cm³/mol. The number of aromatic nitrogens is 1. The van der Waals surface area contributed by atoms with Gasteiger partial charge in [-0.15, -0.1) is 0 Å². The first-order valence-corrected chi connectivity index (χ1v) is 11.4. The van der Waals surface area contributed by atoms with Gasteiger partial charge in [-0.25, -0.2) is 19.3 Å². The Bertz CT molecular complexity index is 1440. The summed E-state index contributed by atoms with van der Waals surface area (Å²) in [7, 11) is -4.14. The van der Waals surface area contributed by atoms with Crippen molar-refractivity contribution in [3.05, 3.63) is 80.9 Å². The van der Waals surface area contributed by atoms with Crippen molar-refractivity contribution in [2.24, 2.45) is 5.14 Å². The molecule has 0 aliphatic rings. The normalized spacial score (nSPS) is 11.2. The van der Waals surface area contributed by atoms with E-state index in [0.717, 1.165) is 0 Å². The van der Waals surface area contributed by atoms with Gasteiger partial charge in [-0.05, 0) is 36.2 Å². The van der Waals surface area contributed by atoms with Crippen LogP contribution in [0.5, 0.6) is 10.9 Å². The first kappa shape index (κ1) is 25.0. The van der Waals surface area contributed by atoms with E-state index in [1.54, 1.807) is 36.7 Å². The van der Waals surface area contributed by atoms with Crippen molar-refractivity contribution >= 4 is 89.6 Å². The second-order valence-corrected chi connectivity index (χ2v) is 8.80. The van der Waals surface area contributed by atoms with E-state index in [0.29, 0.717) is 27.5 Å². The van der Waals surface area contributed by atoms with Crippen molar-refractivity contribution in [2.75, 3.05) is 4.72 Å². The fraction of sp³-hybridized carbons (Fsp3) is 0.100. The van der Waals surface area contributed by atoms with Crippen molar-refractivity contribution < 1.29 is 22.0 Å². The van der Waals surface area contributed by atoms with Crippen LogP contribution in [0, 0.1) is 12.7 Å². The molecule has 0 radical (unpaired) electrons. The Morgan fingerprint density at radius 2 is 2.06 bits per heavy atom. The minimum absolute atomic E-state index is 0. The number of nitrogens with one attached hydrogen (secondary N) is 1. The van der Waals surface area contributed by atoms with Gasteiger partial charge in [0.2, 0.25) is 0 Å². The van der Waals surface area contributed by atoms with Crippen LogP contribution in [0.2, 0.25) is 0 Å². The summed E-state index contributed by atoms with van der Waals surface area (Å²) in [5, 5.41) is 7.82. The van der Waals surface area contributed by atoms with Gasteiger partial charge in [0.1, 0.15) is 11.3 Å². The predicted octanol–water partition coefficient (Wildman–Crippen LogP) is 3.05. The van der Waals surface area contributed by atoms with Crippen molar-refractivity contribution in [1.82, 2.24) is 4.98 Å². The Morgan fingerprint density at radius 1 is 1.28 bits per heavy atom. The minimum atomic E-state index is -4.14. The molecule has 0 fully saturated rings. The second-order valence-electron chi connectivity index (χ2n) is 6.65. The number of ether oxygens (including phenoxy) is 1. The molecule has 0 saturated carbocycles. The number of fused-ring (bicyclic) bond motifs is 1. The van der Waals surface area contributed by atoms with Crippen molar-refractivity contribution in [3.63, 3.8) is 0 Å².